The van der Waals surface area contributed by atoms with Crippen LogP contribution in [0.5, 0.6) is 0 Å². The maximum atomic E-state index is 12.9. The van der Waals surface area contributed by atoms with Gasteiger partial charge in [0.25, 0.3) is 5.91 Å². The highest BCUT2D eigenvalue weighted by molar-refractivity contribution is 9.10. The lowest BCUT2D eigenvalue weighted by atomic mass is 10.1. The van der Waals surface area contributed by atoms with Crippen molar-refractivity contribution in [1.29, 1.82) is 0 Å². The van der Waals surface area contributed by atoms with Gasteiger partial charge < -0.3 is 20.1 Å². The molecule has 8 nitrogen and oxygen atoms in total. The van der Waals surface area contributed by atoms with Gasteiger partial charge in [0.05, 0.1) is 16.6 Å². The molecule has 0 unspecified atom stereocenters. The summed E-state index contributed by atoms with van der Waals surface area (Å²) < 4.78 is 2.63. The Morgan fingerprint density at radius 1 is 1.31 bits per heavy atom. The number of fused-ring (bicyclic) bond motifs is 1. The molecule has 0 aliphatic carbocycles. The van der Waals surface area contributed by atoms with Crippen LogP contribution in [-0.2, 0) is 22.6 Å². The first-order chi connectivity index (χ1) is 15.4. The summed E-state index contributed by atoms with van der Waals surface area (Å²) in [4.78, 5) is 42.8. The van der Waals surface area contributed by atoms with Crippen molar-refractivity contribution < 1.29 is 14.4 Å². The van der Waals surface area contributed by atoms with E-state index in [1.54, 1.807) is 33.2 Å². The summed E-state index contributed by atoms with van der Waals surface area (Å²) in [6.07, 6.45) is 5.40. The summed E-state index contributed by atoms with van der Waals surface area (Å²) in [6, 6.07) is 5.57. The van der Waals surface area contributed by atoms with E-state index in [9.17, 15) is 14.4 Å². The Bertz CT molecular complexity index is 1170. The van der Waals surface area contributed by atoms with Gasteiger partial charge in [-0.15, -0.1) is 11.3 Å². The van der Waals surface area contributed by atoms with Gasteiger partial charge in [0, 0.05) is 59.2 Å². The maximum Gasteiger partial charge on any atom is 0.253 e. The number of thiazole rings is 1. The zero-order chi connectivity index (χ0) is 22.7. The Kier molecular flexibility index (Phi) is 6.71. The molecule has 0 radical (unpaired) electrons. The lowest BCUT2D eigenvalue weighted by Gasteiger charge is -2.38. The molecule has 1 fully saturated rings. The van der Waals surface area contributed by atoms with Crippen LogP contribution in [0.3, 0.4) is 0 Å². The molecule has 1 saturated heterocycles. The molecule has 1 aliphatic rings. The number of nitrogens with one attached hydrogen (secondary N) is 2. The van der Waals surface area contributed by atoms with Crippen molar-refractivity contribution in [2.45, 2.75) is 19.0 Å². The molecule has 3 aromatic rings. The Morgan fingerprint density at radius 3 is 2.84 bits per heavy atom. The Balaban J connectivity index is 1.43. The SMILES string of the molecule is C=CC(=O)N1CC(NC(=O)Cn2cc(C(=O)NCCc3nccs3)c3cc(Br)ccc32)C1. The highest BCUT2D eigenvalue weighted by Gasteiger charge is 2.30. The number of likely N-dealkylation sites (tertiary alicyclic amines) is 1. The molecule has 32 heavy (non-hydrogen) atoms. The number of carbonyl (C=O) groups is 3. The average Bonchev–Trinajstić information content (AvgIpc) is 3.38. The van der Waals surface area contributed by atoms with Crippen molar-refractivity contribution in [1.82, 2.24) is 25.1 Å². The quantitative estimate of drug-likeness (QED) is 0.450. The van der Waals surface area contributed by atoms with Crippen molar-refractivity contribution in [3.63, 3.8) is 0 Å². The molecule has 0 bridgehead atoms. The van der Waals surface area contributed by atoms with Crippen LogP contribution >= 0.6 is 27.3 Å². The van der Waals surface area contributed by atoms with Gasteiger partial charge in [-0.3, -0.25) is 14.4 Å². The number of halogens is 1. The number of hydrogen-bond donors (Lipinski definition) is 2. The number of nitrogens with zero attached hydrogens (tertiary/aromatic N) is 3. The van der Waals surface area contributed by atoms with E-state index in [1.807, 2.05) is 23.6 Å². The predicted octanol–water partition coefficient (Wildman–Crippen LogP) is 2.35. The molecular formula is C22H22BrN5O3S. The van der Waals surface area contributed by atoms with Crippen LogP contribution in [0.15, 0.2) is 53.1 Å². The standard InChI is InChI=1S/C22H22BrN5O3S/c1-2-21(30)28-10-15(11-28)26-19(29)13-27-12-17(16-9-14(23)3-4-18(16)27)22(31)25-6-5-20-24-7-8-32-20/h2-4,7-9,12,15H,1,5-6,10-11,13H2,(H,25,31)(H,26,29). The van der Waals surface area contributed by atoms with Crippen LogP contribution < -0.4 is 10.6 Å². The van der Waals surface area contributed by atoms with Gasteiger partial charge in [0.15, 0.2) is 0 Å². The number of benzene rings is 1. The Hall–Kier alpha value is -2.98. The second kappa shape index (κ2) is 9.66. The number of carbonyl (C=O) groups excluding carboxylic acids is 3. The summed E-state index contributed by atoms with van der Waals surface area (Å²) in [5.74, 6) is -0.499. The third kappa shape index (κ3) is 4.91. The first kappa shape index (κ1) is 22.2. The Labute approximate surface area is 197 Å². The summed E-state index contributed by atoms with van der Waals surface area (Å²) in [5.41, 5.74) is 1.31. The number of rotatable bonds is 8. The zero-order valence-electron chi connectivity index (χ0n) is 17.2. The van der Waals surface area contributed by atoms with Gasteiger partial charge in [-0.1, -0.05) is 22.5 Å². The van der Waals surface area contributed by atoms with E-state index >= 15 is 0 Å². The van der Waals surface area contributed by atoms with E-state index in [0.29, 0.717) is 31.6 Å². The topological polar surface area (TPSA) is 96.3 Å². The van der Waals surface area contributed by atoms with Gasteiger partial charge in [-0.05, 0) is 24.3 Å². The maximum absolute atomic E-state index is 12.9. The van der Waals surface area contributed by atoms with Crippen LogP contribution in [-0.4, -0.2) is 57.8 Å². The van der Waals surface area contributed by atoms with Crippen molar-refractivity contribution >= 4 is 55.9 Å². The Morgan fingerprint density at radius 2 is 2.12 bits per heavy atom. The van der Waals surface area contributed by atoms with Crippen LogP contribution in [0.1, 0.15) is 15.4 Å². The van der Waals surface area contributed by atoms with Crippen molar-refractivity contribution in [2.75, 3.05) is 19.6 Å². The third-order valence-corrected chi connectivity index (χ3v) is 6.58. The minimum atomic E-state index is -0.193. The first-order valence-electron chi connectivity index (χ1n) is 10.1. The number of hydrogen-bond acceptors (Lipinski definition) is 5. The number of aromatic nitrogens is 2. The van der Waals surface area contributed by atoms with Gasteiger partial charge in [0.2, 0.25) is 11.8 Å². The van der Waals surface area contributed by atoms with Crippen molar-refractivity contribution in [3.05, 3.63) is 63.7 Å². The van der Waals surface area contributed by atoms with Gasteiger partial charge in [0.1, 0.15) is 6.54 Å². The van der Waals surface area contributed by atoms with Gasteiger partial charge in [-0.25, -0.2) is 4.98 Å². The van der Waals surface area contributed by atoms with Crippen molar-refractivity contribution in [2.24, 2.45) is 0 Å². The fourth-order valence-corrected chi connectivity index (χ4v) is 4.62. The molecule has 2 N–H and O–H groups in total. The molecule has 4 rings (SSSR count). The summed E-state index contributed by atoms with van der Waals surface area (Å²) in [6.45, 7) is 4.98. The fraction of sp³-hybridized carbons (Fsp3) is 0.273. The highest BCUT2D eigenvalue weighted by atomic mass is 79.9. The molecule has 0 spiro atoms. The smallest absolute Gasteiger partial charge is 0.253 e. The lowest BCUT2D eigenvalue weighted by molar-refractivity contribution is -0.133. The van der Waals surface area contributed by atoms with Crippen LogP contribution in [0, 0.1) is 0 Å². The minimum Gasteiger partial charge on any atom is -0.352 e. The van der Waals surface area contributed by atoms with Gasteiger partial charge >= 0.3 is 0 Å². The monoisotopic (exact) mass is 515 g/mol. The number of amides is 3. The molecule has 166 valence electrons. The highest BCUT2D eigenvalue weighted by Crippen LogP contribution is 2.25. The molecule has 0 saturated carbocycles. The molecule has 0 atom stereocenters. The van der Waals surface area contributed by atoms with E-state index in [2.05, 4.69) is 38.1 Å². The van der Waals surface area contributed by atoms with Crippen molar-refractivity contribution in [3.8, 4) is 0 Å². The van der Waals surface area contributed by atoms with E-state index < -0.39 is 0 Å². The second-order valence-electron chi connectivity index (χ2n) is 7.48. The normalized spacial score (nSPS) is 13.6. The van der Waals surface area contributed by atoms with E-state index in [-0.39, 0.29) is 30.3 Å². The molecule has 3 amide bonds. The van der Waals surface area contributed by atoms with E-state index in [1.165, 1.54) is 6.08 Å². The summed E-state index contributed by atoms with van der Waals surface area (Å²) in [7, 11) is 0. The second-order valence-corrected chi connectivity index (χ2v) is 9.37. The zero-order valence-corrected chi connectivity index (χ0v) is 19.6. The van der Waals surface area contributed by atoms with E-state index in [0.717, 1.165) is 20.4 Å². The summed E-state index contributed by atoms with van der Waals surface area (Å²) >= 11 is 5.02. The molecule has 1 aliphatic heterocycles. The minimum absolute atomic E-state index is 0.0731. The molecule has 2 aromatic heterocycles. The van der Waals surface area contributed by atoms with E-state index in [4.69, 9.17) is 0 Å². The largest absolute Gasteiger partial charge is 0.352 e. The van der Waals surface area contributed by atoms with Gasteiger partial charge in [-0.2, -0.15) is 0 Å². The summed E-state index contributed by atoms with van der Waals surface area (Å²) in [5, 5.41) is 9.52. The third-order valence-electron chi connectivity index (χ3n) is 5.24. The predicted molar refractivity (Wildman–Crippen MR) is 126 cm³/mol. The molecule has 3 heterocycles. The molecular weight excluding hydrogens is 494 g/mol. The molecule has 10 heteroatoms. The van der Waals surface area contributed by atoms with Crippen LogP contribution in [0.4, 0.5) is 0 Å². The van der Waals surface area contributed by atoms with Crippen LogP contribution in [0.25, 0.3) is 10.9 Å². The lowest BCUT2D eigenvalue weighted by Crippen LogP contribution is -2.61. The molecule has 1 aromatic carbocycles. The first-order valence-corrected chi connectivity index (χ1v) is 11.8. The average molecular weight is 516 g/mol. The fourth-order valence-electron chi connectivity index (χ4n) is 3.64. The van der Waals surface area contributed by atoms with Crippen LogP contribution in [0.2, 0.25) is 0 Å².